The third kappa shape index (κ3) is 2.61. The first-order chi connectivity index (χ1) is 9.17. The number of rotatable bonds is 4. The van der Waals surface area contributed by atoms with Crippen molar-refractivity contribution in [2.45, 2.75) is 6.04 Å². The number of benzene rings is 1. The Morgan fingerprint density at radius 1 is 1.32 bits per heavy atom. The molecule has 0 aliphatic rings. The summed E-state index contributed by atoms with van der Waals surface area (Å²) in [5.41, 5.74) is 9.70. The van der Waals surface area contributed by atoms with E-state index >= 15 is 0 Å². The highest BCUT2D eigenvalue weighted by Crippen LogP contribution is 2.29. The standard InChI is InChI=1S/C12H14FN5O/c1-19-12-11(16-4-5-17-12)10(18-15)8-6-7(13)2-3-9(8)14/h2-6,10,18H,14-15H2,1H3. The summed E-state index contributed by atoms with van der Waals surface area (Å²) in [5, 5.41) is 0. The van der Waals surface area contributed by atoms with Gasteiger partial charge in [0.05, 0.1) is 13.2 Å². The van der Waals surface area contributed by atoms with Crippen LogP contribution in [0.25, 0.3) is 0 Å². The highest BCUT2D eigenvalue weighted by molar-refractivity contribution is 5.51. The number of hydrogen-bond acceptors (Lipinski definition) is 6. The number of anilines is 1. The average Bonchev–Trinajstić information content (AvgIpc) is 2.44. The number of hydrogen-bond donors (Lipinski definition) is 3. The SMILES string of the molecule is COc1nccnc1C(NN)c1cc(F)ccc1N. The number of methoxy groups -OCH3 is 1. The molecular weight excluding hydrogens is 249 g/mol. The van der Waals surface area contributed by atoms with Gasteiger partial charge in [0.2, 0.25) is 5.88 Å². The van der Waals surface area contributed by atoms with Crippen molar-refractivity contribution < 1.29 is 9.13 Å². The molecule has 2 rings (SSSR count). The number of nitrogens with zero attached hydrogens (tertiary/aromatic N) is 2. The molecule has 19 heavy (non-hydrogen) atoms. The van der Waals surface area contributed by atoms with Crippen molar-refractivity contribution in [1.29, 1.82) is 0 Å². The highest BCUT2D eigenvalue weighted by atomic mass is 19.1. The Morgan fingerprint density at radius 3 is 2.74 bits per heavy atom. The summed E-state index contributed by atoms with van der Waals surface area (Å²) in [4.78, 5) is 8.19. The second-order valence-electron chi connectivity index (χ2n) is 3.82. The van der Waals surface area contributed by atoms with E-state index in [9.17, 15) is 4.39 Å². The number of nitrogens with one attached hydrogen (secondary N) is 1. The number of ether oxygens (including phenoxy) is 1. The molecule has 0 bridgehead atoms. The maximum atomic E-state index is 13.4. The molecule has 7 heteroatoms. The molecule has 0 saturated carbocycles. The molecule has 0 fully saturated rings. The highest BCUT2D eigenvalue weighted by Gasteiger charge is 2.21. The van der Waals surface area contributed by atoms with E-state index in [1.54, 1.807) is 0 Å². The summed E-state index contributed by atoms with van der Waals surface area (Å²) in [7, 11) is 1.47. The third-order valence-electron chi connectivity index (χ3n) is 2.68. The van der Waals surface area contributed by atoms with Crippen LogP contribution in [0.5, 0.6) is 5.88 Å². The number of halogens is 1. The molecule has 0 aliphatic carbocycles. The summed E-state index contributed by atoms with van der Waals surface area (Å²) in [6.07, 6.45) is 2.99. The van der Waals surface area contributed by atoms with Gasteiger partial charge in [-0.15, -0.1) is 0 Å². The van der Waals surface area contributed by atoms with Gasteiger partial charge in [0.25, 0.3) is 0 Å². The fourth-order valence-corrected chi connectivity index (χ4v) is 1.80. The monoisotopic (exact) mass is 263 g/mol. The molecule has 5 N–H and O–H groups in total. The summed E-state index contributed by atoms with van der Waals surface area (Å²) < 4.78 is 18.5. The van der Waals surface area contributed by atoms with Gasteiger partial charge >= 0.3 is 0 Å². The Hall–Kier alpha value is -2.25. The molecule has 0 spiro atoms. The first-order valence-corrected chi connectivity index (χ1v) is 5.53. The van der Waals surface area contributed by atoms with E-state index in [1.807, 2.05) is 0 Å². The van der Waals surface area contributed by atoms with E-state index in [0.717, 1.165) is 0 Å². The van der Waals surface area contributed by atoms with Crippen LogP contribution in [-0.2, 0) is 0 Å². The number of nitrogen functional groups attached to an aromatic ring is 1. The van der Waals surface area contributed by atoms with E-state index in [4.69, 9.17) is 16.3 Å². The molecule has 0 aliphatic heterocycles. The maximum Gasteiger partial charge on any atom is 0.237 e. The molecule has 0 saturated heterocycles. The predicted octanol–water partition coefficient (Wildman–Crippen LogP) is 0.759. The molecule has 1 aromatic carbocycles. The molecule has 2 aromatic rings. The first kappa shape index (κ1) is 13.2. The second-order valence-corrected chi connectivity index (χ2v) is 3.82. The third-order valence-corrected chi connectivity index (χ3v) is 2.68. The lowest BCUT2D eigenvalue weighted by atomic mass is 10.0. The van der Waals surface area contributed by atoms with Crippen molar-refractivity contribution in [2.24, 2.45) is 5.84 Å². The van der Waals surface area contributed by atoms with E-state index in [0.29, 0.717) is 22.8 Å². The van der Waals surface area contributed by atoms with Crippen LogP contribution in [0.4, 0.5) is 10.1 Å². The summed E-state index contributed by atoms with van der Waals surface area (Å²) in [5.74, 6) is 5.42. The largest absolute Gasteiger partial charge is 0.480 e. The minimum absolute atomic E-state index is 0.300. The Balaban J connectivity index is 2.53. The molecule has 1 atom stereocenters. The molecule has 1 aromatic heterocycles. The van der Waals surface area contributed by atoms with E-state index in [1.165, 1.54) is 37.7 Å². The van der Waals surface area contributed by atoms with E-state index < -0.39 is 11.9 Å². The topological polar surface area (TPSA) is 99.1 Å². The fraction of sp³-hybridized carbons (Fsp3) is 0.167. The van der Waals surface area contributed by atoms with Crippen LogP contribution in [0.1, 0.15) is 17.3 Å². The van der Waals surface area contributed by atoms with Gasteiger partial charge in [-0.2, -0.15) is 0 Å². The lowest BCUT2D eigenvalue weighted by molar-refractivity contribution is 0.383. The second kappa shape index (κ2) is 5.59. The zero-order valence-electron chi connectivity index (χ0n) is 10.3. The van der Waals surface area contributed by atoms with Gasteiger partial charge in [-0.3, -0.25) is 10.8 Å². The minimum Gasteiger partial charge on any atom is -0.480 e. The number of nitrogens with two attached hydrogens (primary N) is 2. The smallest absolute Gasteiger partial charge is 0.237 e. The molecular formula is C12H14FN5O. The Bertz CT molecular complexity index is 578. The lowest BCUT2D eigenvalue weighted by Crippen LogP contribution is -2.30. The van der Waals surface area contributed by atoms with Crippen molar-refractivity contribution in [3.63, 3.8) is 0 Å². The summed E-state index contributed by atoms with van der Waals surface area (Å²) in [6, 6.07) is 3.44. The Kier molecular flexibility index (Phi) is 3.88. The summed E-state index contributed by atoms with van der Waals surface area (Å²) in [6.45, 7) is 0. The minimum atomic E-state index is -0.612. The van der Waals surface area contributed by atoms with Crippen molar-refractivity contribution in [1.82, 2.24) is 15.4 Å². The van der Waals surface area contributed by atoms with Gasteiger partial charge in [0, 0.05) is 23.6 Å². The van der Waals surface area contributed by atoms with Crippen molar-refractivity contribution in [3.8, 4) is 5.88 Å². The van der Waals surface area contributed by atoms with Gasteiger partial charge < -0.3 is 10.5 Å². The van der Waals surface area contributed by atoms with E-state index in [-0.39, 0.29) is 0 Å². The zero-order chi connectivity index (χ0) is 13.8. The number of hydrazine groups is 1. The average molecular weight is 263 g/mol. The number of aromatic nitrogens is 2. The van der Waals surface area contributed by atoms with Gasteiger partial charge in [-0.05, 0) is 18.2 Å². The van der Waals surface area contributed by atoms with Crippen LogP contribution in [0.15, 0.2) is 30.6 Å². The van der Waals surface area contributed by atoms with Crippen LogP contribution in [0.2, 0.25) is 0 Å². The van der Waals surface area contributed by atoms with Gasteiger partial charge in [-0.1, -0.05) is 0 Å². The van der Waals surface area contributed by atoms with E-state index in [2.05, 4.69) is 15.4 Å². The summed E-state index contributed by atoms with van der Waals surface area (Å²) >= 11 is 0. The zero-order valence-corrected chi connectivity index (χ0v) is 10.3. The van der Waals surface area contributed by atoms with Crippen molar-refractivity contribution in [2.75, 3.05) is 12.8 Å². The van der Waals surface area contributed by atoms with Gasteiger partial charge in [0.1, 0.15) is 11.5 Å². The molecule has 100 valence electrons. The molecule has 1 heterocycles. The molecule has 1 unspecified atom stereocenters. The molecule has 0 amide bonds. The normalized spacial score (nSPS) is 12.2. The quantitative estimate of drug-likeness (QED) is 0.428. The van der Waals surface area contributed by atoms with Crippen LogP contribution < -0.4 is 21.7 Å². The van der Waals surface area contributed by atoms with Crippen LogP contribution in [0.3, 0.4) is 0 Å². The molecule has 6 nitrogen and oxygen atoms in total. The van der Waals surface area contributed by atoms with Crippen molar-refractivity contribution in [3.05, 3.63) is 47.7 Å². The Labute approximate surface area is 109 Å². The first-order valence-electron chi connectivity index (χ1n) is 5.53. The van der Waals surface area contributed by atoms with Gasteiger partial charge in [0.15, 0.2) is 0 Å². The van der Waals surface area contributed by atoms with Crippen LogP contribution in [0, 0.1) is 5.82 Å². The molecule has 0 radical (unpaired) electrons. The predicted molar refractivity (Wildman–Crippen MR) is 68.6 cm³/mol. The van der Waals surface area contributed by atoms with Crippen LogP contribution in [-0.4, -0.2) is 17.1 Å². The lowest BCUT2D eigenvalue weighted by Gasteiger charge is -2.19. The van der Waals surface area contributed by atoms with Gasteiger partial charge in [-0.25, -0.2) is 14.8 Å². The fourth-order valence-electron chi connectivity index (χ4n) is 1.80. The Morgan fingerprint density at radius 2 is 2.05 bits per heavy atom. The van der Waals surface area contributed by atoms with Crippen LogP contribution >= 0.6 is 0 Å². The van der Waals surface area contributed by atoms with Crippen molar-refractivity contribution >= 4 is 5.69 Å². The maximum absolute atomic E-state index is 13.4.